The minimum absolute atomic E-state index is 0.0432. The van der Waals surface area contributed by atoms with Gasteiger partial charge in [-0.25, -0.2) is 4.79 Å². The maximum Gasteiger partial charge on any atom is 0.407 e. The lowest BCUT2D eigenvalue weighted by Crippen LogP contribution is -2.33. The quantitative estimate of drug-likeness (QED) is 0.698. The molecule has 0 spiro atoms. The largest absolute Gasteiger partial charge is 0.481 e. The summed E-state index contributed by atoms with van der Waals surface area (Å²) in [5, 5.41) is 11.4. The van der Waals surface area contributed by atoms with Crippen LogP contribution < -0.4 is 5.32 Å². The summed E-state index contributed by atoms with van der Waals surface area (Å²) in [7, 11) is 0. The Morgan fingerprint density at radius 3 is 2.88 bits per heavy atom. The molecule has 0 aromatic heterocycles. The Morgan fingerprint density at radius 2 is 2.25 bits per heavy atom. The molecule has 16 heavy (non-hydrogen) atoms. The third-order valence-electron chi connectivity index (χ3n) is 2.66. The van der Waals surface area contributed by atoms with Crippen LogP contribution in [0.5, 0.6) is 0 Å². The van der Waals surface area contributed by atoms with E-state index in [9.17, 15) is 9.59 Å². The van der Waals surface area contributed by atoms with E-state index in [2.05, 4.69) is 11.9 Å². The number of rotatable bonds is 5. The van der Waals surface area contributed by atoms with Crippen molar-refractivity contribution < 1.29 is 19.4 Å². The molecule has 1 saturated carbocycles. The fourth-order valence-corrected chi connectivity index (χ4v) is 1.98. The number of carbonyl (C=O) groups is 2. The van der Waals surface area contributed by atoms with Gasteiger partial charge in [0.2, 0.25) is 0 Å². The maximum atomic E-state index is 11.2. The van der Waals surface area contributed by atoms with Crippen LogP contribution in [0.2, 0.25) is 0 Å². The average molecular weight is 227 g/mol. The Morgan fingerprint density at radius 1 is 1.50 bits per heavy atom. The number of nitrogens with one attached hydrogen (secondary N) is 1. The smallest absolute Gasteiger partial charge is 0.407 e. The van der Waals surface area contributed by atoms with Crippen molar-refractivity contribution in [1.29, 1.82) is 0 Å². The molecule has 0 aromatic carbocycles. The van der Waals surface area contributed by atoms with Crippen LogP contribution in [0, 0.1) is 5.92 Å². The van der Waals surface area contributed by atoms with Gasteiger partial charge in [0, 0.05) is 12.5 Å². The molecule has 1 aliphatic rings. The van der Waals surface area contributed by atoms with Gasteiger partial charge in [-0.1, -0.05) is 12.7 Å². The monoisotopic (exact) mass is 227 g/mol. The lowest BCUT2D eigenvalue weighted by atomic mass is 10.0. The number of hydrogen-bond acceptors (Lipinski definition) is 3. The number of carboxylic acids is 1. The summed E-state index contributed by atoms with van der Waals surface area (Å²) in [4.78, 5) is 21.7. The number of ether oxygens (including phenoxy) is 1. The van der Waals surface area contributed by atoms with Crippen LogP contribution in [0.3, 0.4) is 0 Å². The van der Waals surface area contributed by atoms with Gasteiger partial charge < -0.3 is 15.2 Å². The molecule has 1 aliphatic carbocycles. The Hall–Kier alpha value is -1.52. The first-order valence-electron chi connectivity index (χ1n) is 5.37. The van der Waals surface area contributed by atoms with E-state index in [1.54, 1.807) is 0 Å². The molecule has 0 aliphatic heterocycles. The molecule has 1 amide bonds. The normalized spacial score (nSPS) is 23.8. The molecule has 0 aromatic rings. The average Bonchev–Trinajstić information content (AvgIpc) is 2.61. The van der Waals surface area contributed by atoms with Crippen molar-refractivity contribution in [1.82, 2.24) is 5.32 Å². The van der Waals surface area contributed by atoms with E-state index in [0.29, 0.717) is 0 Å². The van der Waals surface area contributed by atoms with Crippen molar-refractivity contribution in [3.63, 3.8) is 0 Å². The Balaban J connectivity index is 2.22. The summed E-state index contributed by atoms with van der Waals surface area (Å²) in [6, 6.07) is 0.0432. The van der Waals surface area contributed by atoms with Crippen LogP contribution in [0.4, 0.5) is 4.79 Å². The van der Waals surface area contributed by atoms with E-state index in [4.69, 9.17) is 9.84 Å². The van der Waals surface area contributed by atoms with Gasteiger partial charge in [-0.2, -0.15) is 0 Å². The molecule has 0 saturated heterocycles. The summed E-state index contributed by atoms with van der Waals surface area (Å²) >= 11 is 0. The van der Waals surface area contributed by atoms with Crippen molar-refractivity contribution in [2.45, 2.75) is 31.7 Å². The van der Waals surface area contributed by atoms with Crippen molar-refractivity contribution in [3.8, 4) is 0 Å². The zero-order chi connectivity index (χ0) is 12.0. The third kappa shape index (κ3) is 4.33. The minimum atomic E-state index is -0.778. The molecule has 2 atom stereocenters. The van der Waals surface area contributed by atoms with E-state index in [-0.39, 0.29) is 25.0 Å². The summed E-state index contributed by atoms with van der Waals surface area (Å²) in [6.07, 6.45) is 3.61. The van der Waals surface area contributed by atoms with E-state index in [1.165, 1.54) is 6.08 Å². The van der Waals surface area contributed by atoms with Gasteiger partial charge in [0.25, 0.3) is 0 Å². The summed E-state index contributed by atoms with van der Waals surface area (Å²) in [6.45, 7) is 3.63. The van der Waals surface area contributed by atoms with Gasteiger partial charge >= 0.3 is 12.1 Å². The molecule has 2 N–H and O–H groups in total. The van der Waals surface area contributed by atoms with Gasteiger partial charge in [0.15, 0.2) is 0 Å². The Labute approximate surface area is 94.5 Å². The standard InChI is InChI=1S/C11H17NO4/c1-2-5-16-11(15)12-9-4-3-8(6-9)7-10(13)14/h2,8-9H,1,3-7H2,(H,12,15)(H,13,14)/t8-,9-/m1/s1. The Kier molecular flexibility index (Phi) is 4.82. The Bertz CT molecular complexity index is 277. The number of amides is 1. The molecule has 0 radical (unpaired) electrons. The summed E-state index contributed by atoms with van der Waals surface area (Å²) in [5.41, 5.74) is 0. The number of carbonyl (C=O) groups excluding carboxylic acids is 1. The molecule has 0 heterocycles. The highest BCUT2D eigenvalue weighted by Gasteiger charge is 2.27. The molecule has 90 valence electrons. The molecule has 1 fully saturated rings. The van der Waals surface area contributed by atoms with Gasteiger partial charge in [0.1, 0.15) is 6.61 Å². The molecule has 5 heteroatoms. The molecule has 1 rings (SSSR count). The zero-order valence-corrected chi connectivity index (χ0v) is 9.15. The molecular weight excluding hydrogens is 210 g/mol. The number of aliphatic carboxylic acids is 1. The van der Waals surface area contributed by atoms with Crippen LogP contribution in [-0.2, 0) is 9.53 Å². The second-order valence-corrected chi connectivity index (χ2v) is 4.01. The van der Waals surface area contributed by atoms with E-state index in [1.807, 2.05) is 0 Å². The zero-order valence-electron chi connectivity index (χ0n) is 9.15. The first kappa shape index (κ1) is 12.5. The number of carboxylic acid groups (broad SMARTS) is 1. The lowest BCUT2D eigenvalue weighted by molar-refractivity contribution is -0.138. The predicted octanol–water partition coefficient (Wildman–Crippen LogP) is 1.54. The summed E-state index contributed by atoms with van der Waals surface area (Å²) in [5.74, 6) is -0.609. The van der Waals surface area contributed by atoms with E-state index < -0.39 is 12.1 Å². The van der Waals surface area contributed by atoms with Gasteiger partial charge in [0.05, 0.1) is 0 Å². The third-order valence-corrected chi connectivity index (χ3v) is 2.66. The second-order valence-electron chi connectivity index (χ2n) is 4.01. The highest BCUT2D eigenvalue weighted by molar-refractivity contribution is 5.68. The number of alkyl carbamates (subject to hydrolysis) is 1. The fourth-order valence-electron chi connectivity index (χ4n) is 1.98. The molecule has 0 unspecified atom stereocenters. The SMILES string of the molecule is C=CCOC(=O)N[C@@H]1CC[C@@H](CC(=O)O)C1. The van der Waals surface area contributed by atoms with Crippen LogP contribution in [0.1, 0.15) is 25.7 Å². The molecule has 5 nitrogen and oxygen atoms in total. The highest BCUT2D eigenvalue weighted by Crippen LogP contribution is 2.28. The highest BCUT2D eigenvalue weighted by atomic mass is 16.5. The van der Waals surface area contributed by atoms with Crippen LogP contribution in [0.15, 0.2) is 12.7 Å². The van der Waals surface area contributed by atoms with Crippen molar-refractivity contribution >= 4 is 12.1 Å². The van der Waals surface area contributed by atoms with Crippen molar-refractivity contribution in [3.05, 3.63) is 12.7 Å². The fraction of sp³-hybridized carbons (Fsp3) is 0.636. The van der Waals surface area contributed by atoms with Crippen LogP contribution >= 0.6 is 0 Å². The first-order valence-corrected chi connectivity index (χ1v) is 5.37. The maximum absolute atomic E-state index is 11.2. The molecule has 0 bridgehead atoms. The lowest BCUT2D eigenvalue weighted by Gasteiger charge is -2.12. The number of hydrogen-bond donors (Lipinski definition) is 2. The second kappa shape index (κ2) is 6.15. The van der Waals surface area contributed by atoms with E-state index in [0.717, 1.165) is 19.3 Å². The first-order chi connectivity index (χ1) is 7.61. The van der Waals surface area contributed by atoms with Crippen molar-refractivity contribution in [2.24, 2.45) is 5.92 Å². The van der Waals surface area contributed by atoms with Gasteiger partial charge in [-0.3, -0.25) is 4.79 Å². The van der Waals surface area contributed by atoms with Crippen LogP contribution in [0.25, 0.3) is 0 Å². The van der Waals surface area contributed by atoms with E-state index >= 15 is 0 Å². The van der Waals surface area contributed by atoms with Crippen LogP contribution in [-0.4, -0.2) is 29.8 Å². The van der Waals surface area contributed by atoms with Crippen molar-refractivity contribution in [2.75, 3.05) is 6.61 Å². The summed E-state index contributed by atoms with van der Waals surface area (Å²) < 4.78 is 4.79. The van der Waals surface area contributed by atoms with Gasteiger partial charge in [-0.05, 0) is 25.2 Å². The minimum Gasteiger partial charge on any atom is -0.481 e. The van der Waals surface area contributed by atoms with Gasteiger partial charge in [-0.15, -0.1) is 0 Å². The predicted molar refractivity (Wildman–Crippen MR) is 58.1 cm³/mol. The topological polar surface area (TPSA) is 75.6 Å². The molecular formula is C11H17NO4.